The first-order valence-corrected chi connectivity index (χ1v) is 22.6. The predicted octanol–water partition coefficient (Wildman–Crippen LogP) is 13.0. The minimum atomic E-state index is 0.248. The lowest BCUT2D eigenvalue weighted by Gasteiger charge is -2.13. The van der Waals surface area contributed by atoms with Crippen molar-refractivity contribution in [2.24, 2.45) is 0 Å². The van der Waals surface area contributed by atoms with Crippen molar-refractivity contribution in [1.29, 1.82) is 0 Å². The summed E-state index contributed by atoms with van der Waals surface area (Å²) in [4.78, 5) is 31.4. The fraction of sp³-hybridized carbons (Fsp3) is 0.0588. The van der Waals surface area contributed by atoms with Gasteiger partial charge in [-0.1, -0.05) is 109 Å². The minimum Gasteiger partial charge on any atom is -0.472 e. The number of hydrogen-bond acceptors (Lipinski definition) is 12. The minimum absolute atomic E-state index is 0.248. The number of thiazole rings is 3. The molecule has 306 valence electrons. The number of aromatic nitrogens is 6. The van der Waals surface area contributed by atoms with Crippen molar-refractivity contribution >= 4 is 34.0 Å². The smallest absolute Gasteiger partial charge is 0.233 e. The summed E-state index contributed by atoms with van der Waals surface area (Å²) in [5.74, 6) is 1.63. The van der Waals surface area contributed by atoms with Gasteiger partial charge in [0.25, 0.3) is 0 Å². The van der Waals surface area contributed by atoms with Gasteiger partial charge in [-0.15, -0.1) is 34.0 Å². The summed E-state index contributed by atoms with van der Waals surface area (Å²) in [7, 11) is 0. The fourth-order valence-electron chi connectivity index (χ4n) is 6.87. The summed E-state index contributed by atoms with van der Waals surface area (Å²) in [6.45, 7) is 0.743. The Morgan fingerprint density at radius 2 is 0.619 bits per heavy atom. The first kappa shape index (κ1) is 39.7. The Balaban J connectivity index is 0.983. The van der Waals surface area contributed by atoms with Gasteiger partial charge in [0.05, 0.1) is 31.7 Å². The SMILES string of the molecule is c1ccc(-c2sc(-c3ccccn3)nc2OCc2cc(COc3nc(-c4ccccn4)sc3-c3ccccc3)cc(COc3nc(-c4ccccn4)sc3-c3ccccc3)c2)cc1. The normalized spacial score (nSPS) is 11.0. The van der Waals surface area contributed by atoms with E-state index in [1.54, 1.807) is 52.6 Å². The molecule has 10 rings (SSSR count). The van der Waals surface area contributed by atoms with Gasteiger partial charge in [-0.25, -0.2) is 0 Å². The Morgan fingerprint density at radius 1 is 0.333 bits per heavy atom. The topological polar surface area (TPSA) is 105 Å². The lowest BCUT2D eigenvalue weighted by Crippen LogP contribution is -2.05. The highest BCUT2D eigenvalue weighted by Crippen LogP contribution is 2.42. The Hall–Kier alpha value is -7.38. The molecular weight excluding hydrogens is 841 g/mol. The number of ether oxygens (including phenoxy) is 3. The van der Waals surface area contributed by atoms with Crippen LogP contribution in [0.15, 0.2) is 182 Å². The van der Waals surface area contributed by atoms with Gasteiger partial charge < -0.3 is 14.2 Å². The summed E-state index contributed by atoms with van der Waals surface area (Å²) < 4.78 is 19.9. The van der Waals surface area contributed by atoms with E-state index in [2.05, 4.69) is 69.5 Å². The number of pyridine rings is 3. The van der Waals surface area contributed by atoms with Gasteiger partial charge in [-0.2, -0.15) is 15.0 Å². The Morgan fingerprint density at radius 3 is 0.889 bits per heavy atom. The van der Waals surface area contributed by atoms with E-state index in [0.29, 0.717) is 17.6 Å². The monoisotopic (exact) mass is 876 g/mol. The molecule has 0 aliphatic heterocycles. The average molecular weight is 877 g/mol. The second-order valence-electron chi connectivity index (χ2n) is 14.2. The van der Waals surface area contributed by atoms with E-state index in [-0.39, 0.29) is 19.8 Å². The largest absolute Gasteiger partial charge is 0.472 e. The van der Waals surface area contributed by atoms with E-state index in [0.717, 1.165) is 80.1 Å². The molecule has 12 heteroatoms. The van der Waals surface area contributed by atoms with Crippen LogP contribution in [0.3, 0.4) is 0 Å². The van der Waals surface area contributed by atoms with E-state index >= 15 is 0 Å². The zero-order valence-corrected chi connectivity index (χ0v) is 36.0. The van der Waals surface area contributed by atoms with Crippen molar-refractivity contribution in [3.63, 3.8) is 0 Å². The van der Waals surface area contributed by atoms with Gasteiger partial charge in [0.15, 0.2) is 0 Å². The molecule has 0 radical (unpaired) electrons. The van der Waals surface area contributed by atoms with Gasteiger partial charge in [0.1, 0.15) is 34.8 Å². The number of hydrogen-bond donors (Lipinski definition) is 0. The molecular formula is C51H36N6O3S3. The van der Waals surface area contributed by atoms with Crippen LogP contribution in [0.4, 0.5) is 0 Å². The molecule has 10 aromatic rings. The lowest BCUT2D eigenvalue weighted by atomic mass is 10.1. The molecule has 0 atom stereocenters. The number of nitrogens with zero attached hydrogens (tertiary/aromatic N) is 6. The van der Waals surface area contributed by atoms with Gasteiger partial charge in [-0.05, 0) is 88.0 Å². The van der Waals surface area contributed by atoms with Crippen LogP contribution in [0.1, 0.15) is 16.7 Å². The van der Waals surface area contributed by atoms with Crippen molar-refractivity contribution < 1.29 is 14.2 Å². The van der Waals surface area contributed by atoms with Crippen molar-refractivity contribution in [3.05, 3.63) is 199 Å². The second-order valence-corrected chi connectivity index (χ2v) is 17.2. The maximum atomic E-state index is 6.63. The molecule has 0 aliphatic carbocycles. The van der Waals surface area contributed by atoms with Crippen LogP contribution in [-0.4, -0.2) is 29.9 Å². The van der Waals surface area contributed by atoms with E-state index in [4.69, 9.17) is 29.2 Å². The van der Waals surface area contributed by atoms with E-state index in [9.17, 15) is 0 Å². The molecule has 63 heavy (non-hydrogen) atoms. The molecule has 6 aromatic heterocycles. The van der Waals surface area contributed by atoms with Gasteiger partial charge in [0, 0.05) is 18.6 Å². The second kappa shape index (κ2) is 18.7. The highest BCUT2D eigenvalue weighted by atomic mass is 32.1. The van der Waals surface area contributed by atoms with Crippen LogP contribution in [0.5, 0.6) is 17.6 Å². The Kier molecular flexibility index (Phi) is 11.8. The zero-order valence-electron chi connectivity index (χ0n) is 33.6. The lowest BCUT2D eigenvalue weighted by molar-refractivity contribution is 0.285. The molecule has 0 aliphatic rings. The van der Waals surface area contributed by atoms with Crippen molar-refractivity contribution in [2.45, 2.75) is 19.8 Å². The van der Waals surface area contributed by atoms with Crippen LogP contribution in [-0.2, 0) is 19.8 Å². The molecule has 9 nitrogen and oxygen atoms in total. The molecule has 0 saturated heterocycles. The first-order valence-electron chi connectivity index (χ1n) is 20.1. The first-order chi connectivity index (χ1) is 31.2. The standard InChI is InChI=1S/C51H36N6O3S3/c1-4-16-37(17-5-1)43-46(55-49(61-43)40-22-10-13-25-52-40)58-31-34-28-35(32-59-47-44(38-18-6-2-7-19-38)62-50(56-47)41-23-11-14-26-53-41)30-36(29-34)33-60-48-45(39-20-8-3-9-21-39)63-51(57-48)42-24-12-15-27-54-42/h1-30H,31-33H2. The highest BCUT2D eigenvalue weighted by molar-refractivity contribution is 7.19. The number of benzene rings is 4. The van der Waals surface area contributed by atoms with Crippen LogP contribution in [0.25, 0.3) is 63.4 Å². The molecule has 0 N–H and O–H groups in total. The maximum Gasteiger partial charge on any atom is 0.233 e. The van der Waals surface area contributed by atoms with Crippen LogP contribution >= 0.6 is 34.0 Å². The molecule has 0 bridgehead atoms. The summed E-state index contributed by atoms with van der Waals surface area (Å²) in [6.07, 6.45) is 5.33. The Bertz CT molecular complexity index is 2710. The molecule has 0 saturated carbocycles. The predicted molar refractivity (Wildman–Crippen MR) is 252 cm³/mol. The third-order valence-corrected chi connectivity index (χ3v) is 13.1. The van der Waals surface area contributed by atoms with Gasteiger partial charge in [-0.3, -0.25) is 15.0 Å². The highest BCUT2D eigenvalue weighted by Gasteiger charge is 2.21. The molecule has 4 aromatic carbocycles. The third kappa shape index (κ3) is 9.29. The summed E-state index contributed by atoms with van der Waals surface area (Å²) in [6, 6.07) is 54.3. The van der Waals surface area contributed by atoms with Crippen molar-refractivity contribution in [2.75, 3.05) is 0 Å². The van der Waals surface area contributed by atoms with Crippen molar-refractivity contribution in [3.8, 4) is 81.1 Å². The van der Waals surface area contributed by atoms with Gasteiger partial charge in [0.2, 0.25) is 17.6 Å². The maximum absolute atomic E-state index is 6.63. The average Bonchev–Trinajstić information content (AvgIpc) is 4.12. The van der Waals surface area contributed by atoms with Gasteiger partial charge >= 0.3 is 0 Å². The number of rotatable bonds is 15. The zero-order chi connectivity index (χ0) is 42.2. The summed E-state index contributed by atoms with van der Waals surface area (Å²) >= 11 is 4.68. The quantitative estimate of drug-likeness (QED) is 0.0995. The summed E-state index contributed by atoms with van der Waals surface area (Å²) in [5, 5.41) is 2.35. The molecule has 0 fully saturated rings. The van der Waals surface area contributed by atoms with E-state index in [1.807, 2.05) is 109 Å². The molecule has 0 amide bonds. The van der Waals surface area contributed by atoms with Crippen LogP contribution in [0.2, 0.25) is 0 Å². The van der Waals surface area contributed by atoms with Crippen LogP contribution in [0, 0.1) is 0 Å². The third-order valence-electron chi connectivity index (χ3n) is 9.79. The van der Waals surface area contributed by atoms with Crippen molar-refractivity contribution in [1.82, 2.24) is 29.9 Å². The van der Waals surface area contributed by atoms with Crippen LogP contribution < -0.4 is 14.2 Å². The molecule has 0 unspecified atom stereocenters. The van der Waals surface area contributed by atoms with E-state index in [1.165, 1.54) is 0 Å². The molecule has 0 spiro atoms. The molecule has 6 heterocycles. The summed E-state index contributed by atoms with van der Waals surface area (Å²) in [5.41, 5.74) is 8.21. The van der Waals surface area contributed by atoms with E-state index < -0.39 is 0 Å². The fourth-order valence-corrected chi connectivity index (χ4v) is 9.85. The Labute approximate surface area is 376 Å².